The van der Waals surface area contributed by atoms with Crippen molar-refractivity contribution in [2.75, 3.05) is 6.61 Å². The van der Waals surface area contributed by atoms with Crippen molar-refractivity contribution in [1.29, 1.82) is 0 Å². The van der Waals surface area contributed by atoms with Crippen molar-refractivity contribution in [2.24, 2.45) is 5.10 Å². The summed E-state index contributed by atoms with van der Waals surface area (Å²) in [6.07, 6.45) is 4.67. The highest BCUT2D eigenvalue weighted by Crippen LogP contribution is 2.19. The smallest absolute Gasteiger partial charge is 0.245 e. The van der Waals surface area contributed by atoms with Crippen LogP contribution in [0, 0.1) is 13.8 Å². The Kier molecular flexibility index (Phi) is 5.48. The van der Waals surface area contributed by atoms with E-state index in [1.165, 1.54) is 5.69 Å². The van der Waals surface area contributed by atoms with Gasteiger partial charge in [0.1, 0.15) is 0 Å². The molecular weight excluding hydrogens is 322 g/mol. The summed E-state index contributed by atoms with van der Waals surface area (Å²) in [4.78, 5) is 12.9. The number of hydrogen-bond donors (Lipinski definition) is 1. The zero-order chi connectivity index (χ0) is 16.9. The molecule has 0 spiro atoms. The molecule has 0 aliphatic carbocycles. The highest BCUT2D eigenvalue weighted by Gasteiger charge is 2.18. The van der Waals surface area contributed by atoms with Gasteiger partial charge in [-0.25, -0.2) is 5.43 Å². The Morgan fingerprint density at radius 1 is 1.54 bits per heavy atom. The fourth-order valence-electron chi connectivity index (χ4n) is 3.02. The van der Waals surface area contributed by atoms with Gasteiger partial charge in [-0.15, -0.1) is 11.3 Å². The first-order valence-electron chi connectivity index (χ1n) is 8.26. The van der Waals surface area contributed by atoms with E-state index in [1.807, 2.05) is 17.5 Å². The van der Waals surface area contributed by atoms with E-state index in [9.17, 15) is 4.79 Å². The summed E-state index contributed by atoms with van der Waals surface area (Å²) in [5.41, 5.74) is 5.97. The summed E-state index contributed by atoms with van der Waals surface area (Å²) in [7, 11) is 0. The Labute approximate surface area is 146 Å². The lowest BCUT2D eigenvalue weighted by atomic mass is 10.2. The molecule has 1 saturated heterocycles. The van der Waals surface area contributed by atoms with Gasteiger partial charge in [-0.2, -0.15) is 5.10 Å². The molecule has 2 aromatic rings. The van der Waals surface area contributed by atoms with Crippen LogP contribution in [-0.2, 0) is 22.5 Å². The fourth-order valence-corrected chi connectivity index (χ4v) is 3.72. The van der Waals surface area contributed by atoms with Crippen LogP contribution in [0.25, 0.3) is 0 Å². The van der Waals surface area contributed by atoms with Gasteiger partial charge in [-0.3, -0.25) is 4.79 Å². The number of hydrazone groups is 1. The molecule has 128 valence electrons. The molecule has 0 radical (unpaired) electrons. The predicted molar refractivity (Wildman–Crippen MR) is 96.6 cm³/mol. The molecule has 3 rings (SSSR count). The van der Waals surface area contributed by atoms with Crippen molar-refractivity contribution < 1.29 is 9.53 Å². The van der Waals surface area contributed by atoms with Crippen molar-refractivity contribution in [1.82, 2.24) is 9.99 Å². The maximum atomic E-state index is 11.8. The third kappa shape index (κ3) is 4.13. The van der Waals surface area contributed by atoms with E-state index in [2.05, 4.69) is 35.0 Å². The van der Waals surface area contributed by atoms with E-state index >= 15 is 0 Å². The van der Waals surface area contributed by atoms with Crippen LogP contribution in [0.4, 0.5) is 0 Å². The van der Waals surface area contributed by atoms with Gasteiger partial charge < -0.3 is 9.30 Å². The molecular formula is C18H23N3O2S. The number of carbonyl (C=O) groups is 1. The second-order valence-corrected chi connectivity index (χ2v) is 7.15. The Morgan fingerprint density at radius 3 is 3.12 bits per heavy atom. The summed E-state index contributed by atoms with van der Waals surface area (Å²) in [5, 5.41) is 6.07. The maximum Gasteiger partial charge on any atom is 0.245 e. The van der Waals surface area contributed by atoms with Crippen LogP contribution in [-0.4, -0.2) is 29.4 Å². The van der Waals surface area contributed by atoms with Crippen molar-refractivity contribution >= 4 is 23.5 Å². The van der Waals surface area contributed by atoms with Crippen LogP contribution in [0.5, 0.6) is 0 Å². The van der Waals surface area contributed by atoms with Crippen LogP contribution in [0.1, 0.15) is 34.7 Å². The summed E-state index contributed by atoms with van der Waals surface area (Å²) < 4.78 is 8.00. The second-order valence-electron chi connectivity index (χ2n) is 6.12. The van der Waals surface area contributed by atoms with E-state index in [-0.39, 0.29) is 5.91 Å². The topological polar surface area (TPSA) is 55.6 Å². The van der Waals surface area contributed by atoms with Crippen molar-refractivity contribution in [3.63, 3.8) is 0 Å². The molecule has 6 heteroatoms. The first-order chi connectivity index (χ1) is 11.6. The standard InChI is InChI=1S/C18H23N3O2S/c1-13-9-15(14(2)21(13)12-16-5-3-7-23-16)11-19-20-18(22)10-17-6-4-8-24-17/h4,6,8-9,11,16H,3,5,7,10,12H2,1-2H3,(H,20,22)/b19-11-/t16-/m1/s1. The van der Waals surface area contributed by atoms with Crippen LogP contribution < -0.4 is 5.43 Å². The molecule has 1 aliphatic heterocycles. The maximum absolute atomic E-state index is 11.8. The molecule has 5 nitrogen and oxygen atoms in total. The molecule has 0 saturated carbocycles. The van der Waals surface area contributed by atoms with Gasteiger partial charge in [0.25, 0.3) is 0 Å². The summed E-state index contributed by atoms with van der Waals surface area (Å²) in [5.74, 6) is -0.0955. The largest absolute Gasteiger partial charge is 0.376 e. The normalized spacial score (nSPS) is 17.7. The lowest BCUT2D eigenvalue weighted by molar-refractivity contribution is -0.120. The SMILES string of the molecule is Cc1cc(/C=N\NC(=O)Cc2cccs2)c(C)n1C[C@H]1CCCO1. The number of hydrogen-bond acceptors (Lipinski definition) is 4. The molecule has 24 heavy (non-hydrogen) atoms. The number of thiophene rings is 1. The van der Waals surface area contributed by atoms with Crippen molar-refractivity contribution in [3.8, 4) is 0 Å². The highest BCUT2D eigenvalue weighted by molar-refractivity contribution is 7.10. The minimum atomic E-state index is -0.0955. The number of nitrogens with zero attached hydrogens (tertiary/aromatic N) is 2. The lowest BCUT2D eigenvalue weighted by Crippen LogP contribution is -2.19. The third-order valence-corrected chi connectivity index (χ3v) is 5.21. The predicted octanol–water partition coefficient (Wildman–Crippen LogP) is 3.04. The zero-order valence-corrected chi connectivity index (χ0v) is 14.9. The number of aromatic nitrogens is 1. The number of rotatable bonds is 6. The molecule has 0 aromatic carbocycles. The fraction of sp³-hybridized carbons (Fsp3) is 0.444. The Balaban J connectivity index is 1.59. The molecule has 2 aromatic heterocycles. The van der Waals surface area contributed by atoms with E-state index in [4.69, 9.17) is 4.74 Å². The Bertz CT molecular complexity index is 713. The minimum absolute atomic E-state index is 0.0955. The quantitative estimate of drug-likeness (QED) is 0.646. The highest BCUT2D eigenvalue weighted by atomic mass is 32.1. The Hall–Kier alpha value is -1.92. The third-order valence-electron chi connectivity index (χ3n) is 4.33. The van der Waals surface area contributed by atoms with Gasteiger partial charge in [0.15, 0.2) is 0 Å². The monoisotopic (exact) mass is 345 g/mol. The van der Waals surface area contributed by atoms with Gasteiger partial charge in [-0.1, -0.05) is 6.07 Å². The molecule has 1 aliphatic rings. The van der Waals surface area contributed by atoms with Gasteiger partial charge >= 0.3 is 0 Å². The van der Waals surface area contributed by atoms with Crippen LogP contribution in [0.3, 0.4) is 0 Å². The van der Waals surface area contributed by atoms with Crippen molar-refractivity contribution in [2.45, 2.75) is 45.8 Å². The first-order valence-corrected chi connectivity index (χ1v) is 9.14. The Morgan fingerprint density at radius 2 is 2.42 bits per heavy atom. The number of amides is 1. The molecule has 1 amide bonds. The van der Waals surface area contributed by atoms with Crippen LogP contribution >= 0.6 is 11.3 Å². The average Bonchev–Trinajstić information content (AvgIpc) is 3.28. The van der Waals surface area contributed by atoms with E-state index < -0.39 is 0 Å². The first kappa shape index (κ1) is 16.9. The molecule has 3 heterocycles. The number of ether oxygens (including phenoxy) is 1. The van der Waals surface area contributed by atoms with Gasteiger partial charge in [0.05, 0.1) is 18.7 Å². The number of aryl methyl sites for hydroxylation is 1. The van der Waals surface area contributed by atoms with Gasteiger partial charge in [0, 0.05) is 35.0 Å². The van der Waals surface area contributed by atoms with Crippen molar-refractivity contribution in [3.05, 3.63) is 45.4 Å². The van der Waals surface area contributed by atoms with E-state index in [0.29, 0.717) is 12.5 Å². The lowest BCUT2D eigenvalue weighted by Gasteiger charge is -2.14. The molecule has 1 N–H and O–H groups in total. The van der Waals surface area contributed by atoms with E-state index in [1.54, 1.807) is 17.6 Å². The van der Waals surface area contributed by atoms with Gasteiger partial charge in [0.2, 0.25) is 5.91 Å². The van der Waals surface area contributed by atoms with Crippen LogP contribution in [0.2, 0.25) is 0 Å². The minimum Gasteiger partial charge on any atom is -0.376 e. The molecule has 1 fully saturated rings. The molecule has 1 atom stereocenters. The molecule has 0 bridgehead atoms. The number of nitrogens with one attached hydrogen (secondary N) is 1. The zero-order valence-electron chi connectivity index (χ0n) is 14.1. The van der Waals surface area contributed by atoms with Crippen LogP contribution in [0.15, 0.2) is 28.7 Å². The second kappa shape index (κ2) is 7.77. The summed E-state index contributed by atoms with van der Waals surface area (Å²) in [6.45, 7) is 5.93. The summed E-state index contributed by atoms with van der Waals surface area (Å²) >= 11 is 1.58. The average molecular weight is 345 g/mol. The molecule has 0 unspecified atom stereocenters. The van der Waals surface area contributed by atoms with E-state index in [0.717, 1.165) is 42.1 Å². The number of carbonyl (C=O) groups excluding carboxylic acids is 1. The van der Waals surface area contributed by atoms with Gasteiger partial charge in [-0.05, 0) is 44.2 Å². The summed E-state index contributed by atoms with van der Waals surface area (Å²) in [6, 6.07) is 5.99.